The van der Waals surface area contributed by atoms with Crippen molar-refractivity contribution >= 4 is 45.0 Å². The summed E-state index contributed by atoms with van der Waals surface area (Å²) in [5.74, 6) is 0.998. The van der Waals surface area contributed by atoms with Gasteiger partial charge in [0.2, 0.25) is 0 Å². The lowest BCUT2D eigenvalue weighted by atomic mass is 10.1. The van der Waals surface area contributed by atoms with Gasteiger partial charge in [-0.25, -0.2) is 9.97 Å². The maximum Gasteiger partial charge on any atom is 0.266 e. The van der Waals surface area contributed by atoms with Gasteiger partial charge in [-0.1, -0.05) is 42.5 Å². The van der Waals surface area contributed by atoms with Gasteiger partial charge in [0, 0.05) is 25.5 Å². The molecular weight excluding hydrogens is 460 g/mol. The number of carbonyl (C=O) groups excluding carboxylic acids is 1. The third-order valence-electron chi connectivity index (χ3n) is 5.18. The highest BCUT2D eigenvalue weighted by atomic mass is 35.5. The first-order valence-corrected chi connectivity index (χ1v) is 11.4. The number of benzene rings is 2. The zero-order valence-electron chi connectivity index (χ0n) is 18.6. The van der Waals surface area contributed by atoms with Gasteiger partial charge in [-0.05, 0) is 36.6 Å². The summed E-state index contributed by atoms with van der Waals surface area (Å²) in [5.41, 5.74) is 2.15. The Labute approximate surface area is 203 Å². The average molecular weight is 487 g/mol. The minimum absolute atomic E-state index is 0. The van der Waals surface area contributed by atoms with E-state index in [-0.39, 0.29) is 24.9 Å². The summed E-state index contributed by atoms with van der Waals surface area (Å²) >= 11 is 1.54. The Kier molecular flexibility index (Phi) is 8.68. The first-order valence-electron chi connectivity index (χ1n) is 10.6. The van der Waals surface area contributed by atoms with Crippen LogP contribution in [0.5, 0.6) is 11.5 Å². The summed E-state index contributed by atoms with van der Waals surface area (Å²) in [6, 6.07) is 13.5. The molecule has 174 valence electrons. The van der Waals surface area contributed by atoms with Crippen molar-refractivity contribution in [2.24, 2.45) is 0 Å². The standard InChI is InChI=1S/C24H26N4O3S.ClH/c1-3-18-8-6-11-21-23(18)26-24(32-21)28(14-7-13-27-15-12-25-17-27)22(29)16-31-20-10-5-4-9-19(20)30-2;/h4-6,8-12,15,17H,3,7,13-14,16H2,1-2H3;1H. The molecule has 0 unspecified atom stereocenters. The molecule has 2 aromatic carbocycles. The molecule has 0 aliphatic carbocycles. The van der Waals surface area contributed by atoms with E-state index in [1.54, 1.807) is 30.6 Å². The summed E-state index contributed by atoms with van der Waals surface area (Å²) in [6.45, 7) is 3.32. The number of aryl methyl sites for hydroxylation is 2. The number of hydrogen-bond donors (Lipinski definition) is 0. The largest absolute Gasteiger partial charge is 0.493 e. The van der Waals surface area contributed by atoms with E-state index in [2.05, 4.69) is 24.0 Å². The van der Waals surface area contributed by atoms with Gasteiger partial charge in [0.05, 0.1) is 23.7 Å². The second-order valence-corrected chi connectivity index (χ2v) is 8.26. The molecule has 4 aromatic rings. The predicted molar refractivity (Wildman–Crippen MR) is 134 cm³/mol. The molecule has 0 N–H and O–H groups in total. The van der Waals surface area contributed by atoms with Crippen LogP contribution in [0.1, 0.15) is 18.9 Å². The molecule has 0 saturated heterocycles. The molecule has 0 bridgehead atoms. The van der Waals surface area contributed by atoms with Crippen molar-refractivity contribution in [3.63, 3.8) is 0 Å². The fourth-order valence-electron chi connectivity index (χ4n) is 3.51. The number of para-hydroxylation sites is 3. The number of aromatic nitrogens is 3. The maximum absolute atomic E-state index is 13.2. The molecule has 0 aliphatic rings. The number of carbonyl (C=O) groups is 1. The fourth-order valence-corrected chi connectivity index (χ4v) is 4.56. The Morgan fingerprint density at radius 2 is 1.97 bits per heavy atom. The van der Waals surface area contributed by atoms with Crippen LogP contribution in [0.4, 0.5) is 5.13 Å². The number of halogens is 1. The number of methoxy groups -OCH3 is 1. The van der Waals surface area contributed by atoms with Crippen LogP contribution < -0.4 is 14.4 Å². The molecule has 0 atom stereocenters. The van der Waals surface area contributed by atoms with Crippen molar-refractivity contribution in [3.05, 3.63) is 66.7 Å². The summed E-state index contributed by atoms with van der Waals surface area (Å²) in [5, 5.41) is 0.695. The Morgan fingerprint density at radius 1 is 1.15 bits per heavy atom. The smallest absolute Gasteiger partial charge is 0.266 e. The van der Waals surface area contributed by atoms with Gasteiger partial charge in [-0.3, -0.25) is 9.69 Å². The van der Waals surface area contributed by atoms with Crippen LogP contribution in [0.15, 0.2) is 61.2 Å². The zero-order chi connectivity index (χ0) is 22.3. The third-order valence-corrected chi connectivity index (χ3v) is 6.23. The highest BCUT2D eigenvalue weighted by molar-refractivity contribution is 7.22. The molecule has 0 aliphatic heterocycles. The highest BCUT2D eigenvalue weighted by Crippen LogP contribution is 2.32. The van der Waals surface area contributed by atoms with Crippen LogP contribution in [0.25, 0.3) is 10.2 Å². The molecular formula is C24H27ClN4O3S. The number of nitrogens with zero attached hydrogens (tertiary/aromatic N) is 4. The summed E-state index contributed by atoms with van der Waals surface area (Å²) < 4.78 is 14.2. The van der Waals surface area contributed by atoms with Crippen LogP contribution in [0.2, 0.25) is 0 Å². The van der Waals surface area contributed by atoms with E-state index in [0.29, 0.717) is 23.2 Å². The monoisotopic (exact) mass is 486 g/mol. The van der Waals surface area contributed by atoms with Gasteiger partial charge in [0.25, 0.3) is 5.91 Å². The lowest BCUT2D eigenvalue weighted by Crippen LogP contribution is -2.36. The molecule has 1 amide bonds. The highest BCUT2D eigenvalue weighted by Gasteiger charge is 2.21. The number of anilines is 1. The number of fused-ring (bicyclic) bond motifs is 1. The number of imidazole rings is 1. The number of hydrogen-bond acceptors (Lipinski definition) is 6. The topological polar surface area (TPSA) is 69.5 Å². The van der Waals surface area contributed by atoms with Crippen molar-refractivity contribution in [1.82, 2.24) is 14.5 Å². The molecule has 2 heterocycles. The van der Waals surface area contributed by atoms with Crippen LogP contribution in [-0.4, -0.2) is 40.7 Å². The van der Waals surface area contributed by atoms with Crippen LogP contribution in [0.3, 0.4) is 0 Å². The number of ether oxygens (including phenoxy) is 2. The quantitative estimate of drug-likeness (QED) is 0.316. The lowest BCUT2D eigenvalue weighted by Gasteiger charge is -2.20. The molecule has 0 saturated carbocycles. The molecule has 0 radical (unpaired) electrons. The first-order chi connectivity index (χ1) is 15.7. The minimum Gasteiger partial charge on any atom is -0.493 e. The Hall–Kier alpha value is -3.10. The normalized spacial score (nSPS) is 10.6. The van der Waals surface area contributed by atoms with E-state index < -0.39 is 0 Å². The van der Waals surface area contributed by atoms with Gasteiger partial charge >= 0.3 is 0 Å². The summed E-state index contributed by atoms with van der Waals surface area (Å²) in [6.07, 6.45) is 7.12. The van der Waals surface area contributed by atoms with Gasteiger partial charge in [0.1, 0.15) is 0 Å². The van der Waals surface area contributed by atoms with E-state index in [1.165, 1.54) is 16.9 Å². The second kappa shape index (κ2) is 11.7. The summed E-state index contributed by atoms with van der Waals surface area (Å²) in [4.78, 5) is 23.9. The molecule has 33 heavy (non-hydrogen) atoms. The molecule has 4 rings (SSSR count). The van der Waals surface area contributed by atoms with Crippen LogP contribution in [0, 0.1) is 0 Å². The predicted octanol–water partition coefficient (Wildman–Crippen LogP) is 4.99. The number of thiazole rings is 1. The van der Waals surface area contributed by atoms with Crippen LogP contribution in [-0.2, 0) is 17.8 Å². The van der Waals surface area contributed by atoms with Gasteiger partial charge < -0.3 is 14.0 Å². The first kappa shape index (κ1) is 24.5. The second-order valence-electron chi connectivity index (χ2n) is 7.25. The van der Waals surface area contributed by atoms with E-state index in [0.717, 1.165) is 29.6 Å². The Morgan fingerprint density at radius 3 is 2.70 bits per heavy atom. The number of rotatable bonds is 10. The van der Waals surface area contributed by atoms with E-state index in [9.17, 15) is 4.79 Å². The van der Waals surface area contributed by atoms with Gasteiger partial charge in [-0.15, -0.1) is 12.4 Å². The van der Waals surface area contributed by atoms with Crippen molar-refractivity contribution < 1.29 is 14.3 Å². The fraction of sp³-hybridized carbons (Fsp3) is 0.292. The molecule has 9 heteroatoms. The Balaban J connectivity index is 0.00000306. The molecule has 2 aromatic heterocycles. The van der Waals surface area contributed by atoms with Gasteiger partial charge in [0.15, 0.2) is 23.2 Å². The average Bonchev–Trinajstić information content (AvgIpc) is 3.50. The Bertz CT molecular complexity index is 1180. The lowest BCUT2D eigenvalue weighted by molar-refractivity contribution is -0.120. The molecule has 0 spiro atoms. The van der Waals surface area contributed by atoms with Crippen molar-refractivity contribution in [1.29, 1.82) is 0 Å². The van der Waals surface area contributed by atoms with Crippen molar-refractivity contribution in [2.45, 2.75) is 26.3 Å². The van der Waals surface area contributed by atoms with E-state index >= 15 is 0 Å². The van der Waals surface area contributed by atoms with E-state index in [4.69, 9.17) is 14.5 Å². The van der Waals surface area contributed by atoms with Crippen molar-refractivity contribution in [2.75, 3.05) is 25.2 Å². The SMILES string of the molecule is CCc1cccc2sc(N(CCCn3ccnc3)C(=O)COc3ccccc3OC)nc12.Cl. The molecule has 0 fully saturated rings. The van der Waals surface area contributed by atoms with Crippen molar-refractivity contribution in [3.8, 4) is 11.5 Å². The number of amides is 1. The third kappa shape index (κ3) is 5.83. The van der Waals surface area contributed by atoms with E-state index in [1.807, 2.05) is 35.0 Å². The minimum atomic E-state index is -0.140. The maximum atomic E-state index is 13.2. The summed E-state index contributed by atoms with van der Waals surface area (Å²) in [7, 11) is 1.58. The molecule has 7 nitrogen and oxygen atoms in total. The zero-order valence-corrected chi connectivity index (χ0v) is 20.3. The van der Waals surface area contributed by atoms with Gasteiger partial charge in [-0.2, -0.15) is 0 Å². The van der Waals surface area contributed by atoms with Crippen LogP contribution >= 0.6 is 23.7 Å².